The number of carbonyl (C=O) groups is 1. The third-order valence-electron chi connectivity index (χ3n) is 3.26. The average Bonchev–Trinajstić information content (AvgIpc) is 2.88. The standard InChI is InChI=1S/C16H23N5O/c1-3-18-16(22)14-15(21-11(2)20-14)19-10-13(17)9-12-7-5-4-6-8-12/h4-8,13,19H,3,9-10,17H2,1-2H3,(H,18,22)(H,20,21)/t13-/m1/s1. The number of aromatic nitrogens is 2. The molecule has 0 saturated carbocycles. The van der Waals surface area contributed by atoms with E-state index in [0.29, 0.717) is 30.4 Å². The van der Waals surface area contributed by atoms with Crippen LogP contribution in [-0.2, 0) is 6.42 Å². The van der Waals surface area contributed by atoms with E-state index in [9.17, 15) is 4.79 Å². The number of anilines is 1. The molecule has 0 fully saturated rings. The van der Waals surface area contributed by atoms with E-state index in [-0.39, 0.29) is 11.9 Å². The smallest absolute Gasteiger partial charge is 0.271 e. The molecule has 1 atom stereocenters. The Kier molecular flexibility index (Phi) is 5.55. The lowest BCUT2D eigenvalue weighted by Crippen LogP contribution is -2.32. The number of rotatable bonds is 7. The lowest BCUT2D eigenvalue weighted by Gasteiger charge is -2.13. The zero-order chi connectivity index (χ0) is 15.9. The van der Waals surface area contributed by atoms with Gasteiger partial charge in [0.25, 0.3) is 5.91 Å². The van der Waals surface area contributed by atoms with Crippen LogP contribution in [-0.4, -0.2) is 35.0 Å². The summed E-state index contributed by atoms with van der Waals surface area (Å²) in [6.07, 6.45) is 0.772. The summed E-state index contributed by atoms with van der Waals surface area (Å²) in [5.74, 6) is 1.08. The fourth-order valence-electron chi connectivity index (χ4n) is 2.25. The molecule has 2 aromatic rings. The van der Waals surface area contributed by atoms with Crippen LogP contribution in [0.4, 0.5) is 5.82 Å². The van der Waals surface area contributed by atoms with Crippen molar-refractivity contribution in [1.82, 2.24) is 15.3 Å². The maximum Gasteiger partial charge on any atom is 0.271 e. The second-order valence-electron chi connectivity index (χ2n) is 5.24. The van der Waals surface area contributed by atoms with E-state index in [4.69, 9.17) is 5.73 Å². The van der Waals surface area contributed by atoms with Gasteiger partial charge in [-0.15, -0.1) is 0 Å². The molecule has 0 aliphatic rings. The minimum absolute atomic E-state index is 0.0542. The molecule has 5 N–H and O–H groups in total. The minimum Gasteiger partial charge on any atom is -0.367 e. The number of aromatic amines is 1. The number of H-pyrrole nitrogens is 1. The second kappa shape index (κ2) is 7.61. The first kappa shape index (κ1) is 16.0. The van der Waals surface area contributed by atoms with Gasteiger partial charge >= 0.3 is 0 Å². The first-order valence-electron chi connectivity index (χ1n) is 7.48. The number of hydrogen-bond donors (Lipinski definition) is 4. The van der Waals surface area contributed by atoms with Crippen LogP contribution in [0.15, 0.2) is 30.3 Å². The molecule has 6 nitrogen and oxygen atoms in total. The molecule has 0 saturated heterocycles. The molecule has 1 amide bonds. The molecule has 1 aromatic heterocycles. The molecular formula is C16H23N5O. The van der Waals surface area contributed by atoms with Crippen LogP contribution < -0.4 is 16.4 Å². The van der Waals surface area contributed by atoms with Gasteiger partial charge in [-0.2, -0.15) is 0 Å². The first-order chi connectivity index (χ1) is 10.6. The highest BCUT2D eigenvalue weighted by atomic mass is 16.1. The average molecular weight is 301 g/mol. The van der Waals surface area contributed by atoms with Crippen molar-refractivity contribution in [3.05, 3.63) is 47.4 Å². The summed E-state index contributed by atoms with van der Waals surface area (Å²) in [4.78, 5) is 19.2. The Hall–Kier alpha value is -2.34. The van der Waals surface area contributed by atoms with Gasteiger partial charge in [0.15, 0.2) is 5.82 Å². The second-order valence-corrected chi connectivity index (χ2v) is 5.24. The van der Waals surface area contributed by atoms with E-state index < -0.39 is 0 Å². The molecule has 1 aromatic carbocycles. The number of aryl methyl sites for hydroxylation is 1. The van der Waals surface area contributed by atoms with Crippen molar-refractivity contribution >= 4 is 11.7 Å². The predicted molar refractivity (Wildman–Crippen MR) is 87.9 cm³/mol. The van der Waals surface area contributed by atoms with Crippen molar-refractivity contribution in [2.24, 2.45) is 5.73 Å². The predicted octanol–water partition coefficient (Wildman–Crippen LogP) is 1.45. The van der Waals surface area contributed by atoms with Crippen LogP contribution in [0.5, 0.6) is 0 Å². The summed E-state index contributed by atoms with van der Waals surface area (Å²) < 4.78 is 0. The highest BCUT2D eigenvalue weighted by Gasteiger charge is 2.16. The van der Waals surface area contributed by atoms with Crippen molar-refractivity contribution in [3.63, 3.8) is 0 Å². The Morgan fingerprint density at radius 1 is 1.36 bits per heavy atom. The fraction of sp³-hybridized carbons (Fsp3) is 0.375. The molecule has 0 bridgehead atoms. The minimum atomic E-state index is -0.165. The van der Waals surface area contributed by atoms with Crippen LogP contribution in [0.25, 0.3) is 0 Å². The zero-order valence-electron chi connectivity index (χ0n) is 13.0. The Balaban J connectivity index is 1.95. The molecule has 0 aliphatic heterocycles. The van der Waals surface area contributed by atoms with Crippen molar-refractivity contribution in [3.8, 4) is 0 Å². The first-order valence-corrected chi connectivity index (χ1v) is 7.48. The van der Waals surface area contributed by atoms with E-state index in [1.54, 1.807) is 0 Å². The third-order valence-corrected chi connectivity index (χ3v) is 3.26. The van der Waals surface area contributed by atoms with Gasteiger partial charge in [-0.25, -0.2) is 4.98 Å². The number of amides is 1. The van der Waals surface area contributed by atoms with E-state index in [1.165, 1.54) is 5.56 Å². The maximum atomic E-state index is 12.0. The van der Waals surface area contributed by atoms with Crippen molar-refractivity contribution < 1.29 is 4.79 Å². The molecule has 6 heteroatoms. The van der Waals surface area contributed by atoms with E-state index in [0.717, 1.165) is 6.42 Å². The molecule has 22 heavy (non-hydrogen) atoms. The topological polar surface area (TPSA) is 95.8 Å². The van der Waals surface area contributed by atoms with Crippen LogP contribution in [0.3, 0.4) is 0 Å². The largest absolute Gasteiger partial charge is 0.367 e. The maximum absolute atomic E-state index is 12.0. The Morgan fingerprint density at radius 3 is 2.77 bits per heavy atom. The molecule has 1 heterocycles. The normalized spacial score (nSPS) is 12.0. The molecule has 2 rings (SSSR count). The highest BCUT2D eigenvalue weighted by molar-refractivity contribution is 5.97. The highest BCUT2D eigenvalue weighted by Crippen LogP contribution is 2.12. The van der Waals surface area contributed by atoms with Crippen LogP contribution in [0.2, 0.25) is 0 Å². The molecule has 0 aliphatic carbocycles. The zero-order valence-corrected chi connectivity index (χ0v) is 13.0. The Labute approximate surface area is 130 Å². The number of hydrogen-bond acceptors (Lipinski definition) is 4. The lowest BCUT2D eigenvalue weighted by atomic mass is 10.1. The van der Waals surface area contributed by atoms with Gasteiger partial charge in [0.2, 0.25) is 0 Å². The summed E-state index contributed by atoms with van der Waals surface area (Å²) in [6, 6.07) is 10.0. The lowest BCUT2D eigenvalue weighted by molar-refractivity contribution is 0.0952. The number of nitrogens with two attached hydrogens (primary N) is 1. The SMILES string of the molecule is CCNC(=O)c1[nH]c(C)nc1NC[C@H](N)Cc1ccccc1. The van der Waals surface area contributed by atoms with Gasteiger partial charge in [-0.05, 0) is 25.8 Å². The van der Waals surface area contributed by atoms with Gasteiger partial charge in [0.05, 0.1) is 0 Å². The van der Waals surface area contributed by atoms with Gasteiger partial charge in [0.1, 0.15) is 11.5 Å². The molecule has 0 spiro atoms. The number of imidazole rings is 1. The van der Waals surface area contributed by atoms with Gasteiger partial charge in [-0.1, -0.05) is 30.3 Å². The summed E-state index contributed by atoms with van der Waals surface area (Å²) in [7, 11) is 0. The molecular weight excluding hydrogens is 278 g/mol. The quantitative estimate of drug-likeness (QED) is 0.622. The van der Waals surface area contributed by atoms with Crippen LogP contribution in [0, 0.1) is 6.92 Å². The summed E-state index contributed by atoms with van der Waals surface area (Å²) in [6.45, 7) is 4.82. The summed E-state index contributed by atoms with van der Waals surface area (Å²) in [5, 5.41) is 5.93. The number of nitrogens with one attached hydrogen (secondary N) is 3. The summed E-state index contributed by atoms with van der Waals surface area (Å²) in [5.41, 5.74) is 7.79. The van der Waals surface area contributed by atoms with E-state index >= 15 is 0 Å². The number of carbonyl (C=O) groups excluding carboxylic acids is 1. The molecule has 0 unspecified atom stereocenters. The number of benzene rings is 1. The van der Waals surface area contributed by atoms with Crippen molar-refractivity contribution in [2.45, 2.75) is 26.3 Å². The van der Waals surface area contributed by atoms with Crippen molar-refractivity contribution in [1.29, 1.82) is 0 Å². The summed E-state index contributed by atoms with van der Waals surface area (Å²) >= 11 is 0. The van der Waals surface area contributed by atoms with Gasteiger partial charge in [-0.3, -0.25) is 4.79 Å². The van der Waals surface area contributed by atoms with Crippen LogP contribution in [0.1, 0.15) is 28.8 Å². The van der Waals surface area contributed by atoms with Gasteiger partial charge in [0, 0.05) is 19.1 Å². The van der Waals surface area contributed by atoms with E-state index in [1.807, 2.05) is 32.0 Å². The van der Waals surface area contributed by atoms with Gasteiger partial charge < -0.3 is 21.4 Å². The molecule has 0 radical (unpaired) electrons. The molecule has 118 valence electrons. The monoisotopic (exact) mass is 301 g/mol. The third kappa shape index (κ3) is 4.33. The Bertz CT molecular complexity index is 608. The van der Waals surface area contributed by atoms with E-state index in [2.05, 4.69) is 32.7 Å². The Morgan fingerprint density at radius 2 is 2.09 bits per heavy atom. The fourth-order valence-corrected chi connectivity index (χ4v) is 2.25. The number of nitrogens with zero attached hydrogens (tertiary/aromatic N) is 1. The van der Waals surface area contributed by atoms with Crippen molar-refractivity contribution in [2.75, 3.05) is 18.4 Å². The van der Waals surface area contributed by atoms with Crippen LogP contribution >= 0.6 is 0 Å².